The Morgan fingerprint density at radius 3 is 2.95 bits per heavy atom. The van der Waals surface area contributed by atoms with Crippen LogP contribution in [0.25, 0.3) is 0 Å². The second-order valence-electron chi connectivity index (χ2n) is 5.86. The molecular formula is C16H27NOS. The maximum atomic E-state index is 5.85. The number of ether oxygens (including phenoxy) is 1. The molecule has 3 heteroatoms. The van der Waals surface area contributed by atoms with Gasteiger partial charge in [0.25, 0.3) is 0 Å². The van der Waals surface area contributed by atoms with Gasteiger partial charge in [0.15, 0.2) is 0 Å². The lowest BCUT2D eigenvalue weighted by Gasteiger charge is -2.10. The fourth-order valence-corrected chi connectivity index (χ4v) is 3.30. The largest absolute Gasteiger partial charge is 0.376 e. The topological polar surface area (TPSA) is 21.3 Å². The number of aryl methyl sites for hydroxylation is 1. The molecule has 0 aliphatic heterocycles. The lowest BCUT2D eigenvalue weighted by molar-refractivity contribution is 0.0892. The third-order valence-corrected chi connectivity index (χ3v) is 4.75. The van der Waals surface area contributed by atoms with Crippen LogP contribution in [0.3, 0.4) is 0 Å². The minimum atomic E-state index is 0.681. The molecule has 1 aliphatic carbocycles. The molecule has 0 spiro atoms. The van der Waals surface area contributed by atoms with Gasteiger partial charge in [-0.25, -0.2) is 0 Å². The lowest BCUT2D eigenvalue weighted by atomic mass is 10.1. The Morgan fingerprint density at radius 2 is 2.26 bits per heavy atom. The lowest BCUT2D eigenvalue weighted by Crippen LogP contribution is -2.14. The van der Waals surface area contributed by atoms with Crippen LogP contribution in [0, 0.1) is 12.8 Å². The Balaban J connectivity index is 1.72. The fraction of sp³-hybridized carbons (Fsp3) is 0.750. The first-order valence-corrected chi connectivity index (χ1v) is 8.40. The van der Waals surface area contributed by atoms with Crippen LogP contribution < -0.4 is 5.32 Å². The highest BCUT2D eigenvalue weighted by Gasteiger charge is 2.20. The molecule has 2 nitrogen and oxygen atoms in total. The predicted molar refractivity (Wildman–Crippen MR) is 82.6 cm³/mol. The first-order chi connectivity index (χ1) is 9.19. The van der Waals surface area contributed by atoms with Gasteiger partial charge in [0, 0.05) is 28.9 Å². The van der Waals surface area contributed by atoms with Gasteiger partial charge in [-0.15, -0.1) is 11.3 Å². The van der Waals surface area contributed by atoms with E-state index >= 15 is 0 Å². The van der Waals surface area contributed by atoms with E-state index in [1.54, 1.807) is 0 Å². The van der Waals surface area contributed by atoms with E-state index in [9.17, 15) is 0 Å². The maximum absolute atomic E-state index is 5.85. The Kier molecular flexibility index (Phi) is 5.86. The smallest absolute Gasteiger partial charge is 0.0727 e. The zero-order valence-electron chi connectivity index (χ0n) is 12.5. The Bertz CT molecular complexity index is 384. The van der Waals surface area contributed by atoms with Gasteiger partial charge in [0.1, 0.15) is 0 Å². The quantitative estimate of drug-likeness (QED) is 0.730. The number of hydrogen-bond donors (Lipinski definition) is 1. The summed E-state index contributed by atoms with van der Waals surface area (Å²) in [5.74, 6) is 0.681. The minimum Gasteiger partial charge on any atom is -0.376 e. The summed E-state index contributed by atoms with van der Waals surface area (Å²) in [6.07, 6.45) is 5.23. The van der Waals surface area contributed by atoms with Gasteiger partial charge >= 0.3 is 0 Å². The van der Waals surface area contributed by atoms with Crippen LogP contribution in [0.2, 0.25) is 0 Å². The van der Waals surface area contributed by atoms with Crippen molar-refractivity contribution in [2.75, 3.05) is 6.61 Å². The summed E-state index contributed by atoms with van der Waals surface area (Å²) in [5, 5.41) is 3.57. The van der Waals surface area contributed by atoms with Crippen LogP contribution in [0.4, 0.5) is 0 Å². The van der Waals surface area contributed by atoms with Crippen molar-refractivity contribution in [3.05, 3.63) is 21.4 Å². The van der Waals surface area contributed by atoms with E-state index in [4.69, 9.17) is 4.74 Å². The second kappa shape index (κ2) is 7.41. The van der Waals surface area contributed by atoms with Crippen LogP contribution in [0.1, 0.15) is 54.8 Å². The fourth-order valence-electron chi connectivity index (χ4n) is 2.30. The summed E-state index contributed by atoms with van der Waals surface area (Å²) in [4.78, 5) is 2.86. The van der Waals surface area contributed by atoms with Gasteiger partial charge in [-0.05, 0) is 43.7 Å². The number of hydrogen-bond acceptors (Lipinski definition) is 3. The van der Waals surface area contributed by atoms with E-state index < -0.39 is 0 Å². The SMILES string of the molecule is CCCC(C)COCc1cc(CNC2CC2)sc1C. The molecule has 1 N–H and O–H groups in total. The molecule has 1 aliphatic rings. The Morgan fingerprint density at radius 1 is 1.47 bits per heavy atom. The minimum absolute atomic E-state index is 0.681. The molecule has 0 saturated heterocycles. The van der Waals surface area contributed by atoms with Crippen LogP contribution in [0.15, 0.2) is 6.07 Å². The number of rotatable bonds is 9. The monoisotopic (exact) mass is 281 g/mol. The molecule has 108 valence electrons. The van der Waals surface area contributed by atoms with Crippen molar-refractivity contribution < 1.29 is 4.74 Å². The van der Waals surface area contributed by atoms with Crippen molar-refractivity contribution in [1.29, 1.82) is 0 Å². The van der Waals surface area contributed by atoms with Gasteiger partial charge in [-0.2, -0.15) is 0 Å². The first kappa shape index (κ1) is 15.0. The van der Waals surface area contributed by atoms with Crippen molar-refractivity contribution in [3.63, 3.8) is 0 Å². The zero-order chi connectivity index (χ0) is 13.7. The molecule has 1 aromatic heterocycles. The highest BCUT2D eigenvalue weighted by Crippen LogP contribution is 2.25. The summed E-state index contributed by atoms with van der Waals surface area (Å²) in [6, 6.07) is 3.11. The maximum Gasteiger partial charge on any atom is 0.0727 e. The van der Waals surface area contributed by atoms with Crippen molar-refractivity contribution in [1.82, 2.24) is 5.32 Å². The summed E-state index contributed by atoms with van der Waals surface area (Å²) in [6.45, 7) is 9.41. The summed E-state index contributed by atoms with van der Waals surface area (Å²) in [7, 11) is 0. The van der Waals surface area contributed by atoms with E-state index in [2.05, 4.69) is 32.2 Å². The highest BCUT2D eigenvalue weighted by molar-refractivity contribution is 7.12. The van der Waals surface area contributed by atoms with Crippen LogP contribution >= 0.6 is 11.3 Å². The van der Waals surface area contributed by atoms with Crippen LogP contribution in [0.5, 0.6) is 0 Å². The predicted octanol–water partition coefficient (Wildman–Crippen LogP) is 4.26. The van der Waals surface area contributed by atoms with E-state index in [0.29, 0.717) is 5.92 Å². The average Bonchev–Trinajstić information content (AvgIpc) is 3.13. The molecule has 2 rings (SSSR count). The number of thiophene rings is 1. The van der Waals surface area contributed by atoms with Crippen molar-refractivity contribution in [2.45, 2.75) is 65.6 Å². The molecule has 0 bridgehead atoms. The normalized spacial score (nSPS) is 16.8. The van der Waals surface area contributed by atoms with Crippen LogP contribution in [-0.2, 0) is 17.9 Å². The van der Waals surface area contributed by atoms with Gasteiger partial charge < -0.3 is 10.1 Å². The Labute approximate surface area is 121 Å². The van der Waals surface area contributed by atoms with Gasteiger partial charge in [0.2, 0.25) is 0 Å². The molecule has 0 radical (unpaired) electrons. The average molecular weight is 281 g/mol. The molecule has 0 aromatic carbocycles. The molecular weight excluding hydrogens is 254 g/mol. The van der Waals surface area contributed by atoms with E-state index in [1.807, 2.05) is 11.3 Å². The van der Waals surface area contributed by atoms with Gasteiger partial charge in [0.05, 0.1) is 6.61 Å². The molecule has 0 amide bonds. The molecule has 19 heavy (non-hydrogen) atoms. The standard InChI is InChI=1S/C16H27NOS/c1-4-5-12(2)10-18-11-14-8-16(19-13(14)3)9-17-15-6-7-15/h8,12,15,17H,4-7,9-11H2,1-3H3. The van der Waals surface area contributed by atoms with Gasteiger partial charge in [-0.1, -0.05) is 20.3 Å². The third kappa shape index (κ3) is 5.25. The van der Waals surface area contributed by atoms with Gasteiger partial charge in [-0.3, -0.25) is 0 Å². The molecule has 1 atom stereocenters. The zero-order valence-corrected chi connectivity index (χ0v) is 13.3. The summed E-state index contributed by atoms with van der Waals surface area (Å²) < 4.78 is 5.85. The van der Waals surface area contributed by atoms with Crippen molar-refractivity contribution in [2.24, 2.45) is 5.92 Å². The number of nitrogens with one attached hydrogen (secondary N) is 1. The third-order valence-electron chi connectivity index (χ3n) is 3.66. The molecule has 1 saturated carbocycles. The van der Waals surface area contributed by atoms with Crippen molar-refractivity contribution in [3.8, 4) is 0 Å². The second-order valence-corrected chi connectivity index (χ2v) is 7.20. The first-order valence-electron chi connectivity index (χ1n) is 7.58. The van der Waals surface area contributed by atoms with E-state index in [1.165, 1.54) is 41.0 Å². The Hall–Kier alpha value is -0.380. The summed E-state index contributed by atoms with van der Waals surface area (Å²) >= 11 is 1.91. The molecule has 1 aromatic rings. The molecule has 1 unspecified atom stereocenters. The van der Waals surface area contributed by atoms with Crippen molar-refractivity contribution >= 4 is 11.3 Å². The molecule has 1 fully saturated rings. The van der Waals surface area contributed by atoms with E-state index in [-0.39, 0.29) is 0 Å². The summed E-state index contributed by atoms with van der Waals surface area (Å²) in [5.41, 5.74) is 1.38. The van der Waals surface area contributed by atoms with E-state index in [0.717, 1.165) is 25.8 Å². The van der Waals surface area contributed by atoms with Crippen LogP contribution in [-0.4, -0.2) is 12.6 Å². The highest BCUT2D eigenvalue weighted by atomic mass is 32.1. The molecule has 1 heterocycles.